The second-order valence-corrected chi connectivity index (χ2v) is 5.23. The van der Waals surface area contributed by atoms with Crippen LogP contribution in [0.1, 0.15) is 11.1 Å². The Morgan fingerprint density at radius 1 is 1.05 bits per heavy atom. The molecule has 0 atom stereocenters. The maximum absolute atomic E-state index is 12.5. The van der Waals surface area contributed by atoms with Crippen LogP contribution in [-0.4, -0.2) is 17.9 Å². The van der Waals surface area contributed by atoms with E-state index in [4.69, 9.17) is 0 Å². The average Bonchev–Trinajstić information content (AvgIpc) is 3.04. The summed E-state index contributed by atoms with van der Waals surface area (Å²) < 4.78 is 0. The fraction of sp³-hybridized carbons (Fsp3) is 0.0556. The van der Waals surface area contributed by atoms with E-state index < -0.39 is 0 Å². The van der Waals surface area contributed by atoms with E-state index in [2.05, 4.69) is 11.1 Å². The highest BCUT2D eigenvalue weighted by molar-refractivity contribution is 6.36. The van der Waals surface area contributed by atoms with Gasteiger partial charge >= 0.3 is 0 Å². The number of aromatic amines is 1. The first-order valence-corrected chi connectivity index (χ1v) is 6.91. The summed E-state index contributed by atoms with van der Waals surface area (Å²) in [5.74, 6) is 0.0430. The standard InChI is InChI=1S/C18H14N2O/c1-20-17-9-5-3-7-14(17)15(18(20)21)10-12-11-19-16-8-4-2-6-13(12)16/h2-11,19H,1H3/b15-10+. The lowest BCUT2D eigenvalue weighted by molar-refractivity contribution is -0.112. The van der Waals surface area contributed by atoms with Crippen molar-refractivity contribution in [2.45, 2.75) is 0 Å². The number of amides is 1. The van der Waals surface area contributed by atoms with Crippen LogP contribution in [0.2, 0.25) is 0 Å². The molecule has 2 aromatic carbocycles. The first-order valence-electron chi connectivity index (χ1n) is 6.91. The van der Waals surface area contributed by atoms with Gasteiger partial charge < -0.3 is 9.88 Å². The predicted octanol–water partition coefficient (Wildman–Crippen LogP) is 3.68. The largest absolute Gasteiger partial charge is 0.361 e. The number of nitrogens with zero attached hydrogens (tertiary/aromatic N) is 1. The van der Waals surface area contributed by atoms with E-state index >= 15 is 0 Å². The summed E-state index contributed by atoms with van der Waals surface area (Å²) in [6.07, 6.45) is 3.93. The highest BCUT2D eigenvalue weighted by atomic mass is 16.2. The zero-order valence-electron chi connectivity index (χ0n) is 11.6. The van der Waals surface area contributed by atoms with E-state index in [-0.39, 0.29) is 5.91 Å². The number of H-pyrrole nitrogens is 1. The maximum atomic E-state index is 12.5. The highest BCUT2D eigenvalue weighted by Crippen LogP contribution is 2.37. The monoisotopic (exact) mass is 274 g/mol. The first-order chi connectivity index (χ1) is 10.3. The van der Waals surface area contributed by atoms with Gasteiger partial charge in [0, 0.05) is 40.8 Å². The summed E-state index contributed by atoms with van der Waals surface area (Å²) >= 11 is 0. The molecule has 4 rings (SSSR count). The number of fused-ring (bicyclic) bond motifs is 2. The Bertz CT molecular complexity index is 889. The normalized spacial score (nSPS) is 16.0. The minimum absolute atomic E-state index is 0.0430. The number of carbonyl (C=O) groups is 1. The molecule has 0 fully saturated rings. The third-order valence-corrected chi connectivity index (χ3v) is 4.01. The van der Waals surface area contributed by atoms with Crippen LogP contribution in [0.4, 0.5) is 5.69 Å². The molecule has 3 aromatic rings. The molecular formula is C18H14N2O. The molecule has 1 N–H and O–H groups in total. The molecule has 0 radical (unpaired) electrons. The van der Waals surface area contributed by atoms with Gasteiger partial charge in [0.15, 0.2) is 0 Å². The summed E-state index contributed by atoms with van der Waals surface area (Å²) in [7, 11) is 1.82. The van der Waals surface area contributed by atoms with Crippen LogP contribution >= 0.6 is 0 Å². The molecule has 0 spiro atoms. The molecule has 3 nitrogen and oxygen atoms in total. The molecular weight excluding hydrogens is 260 g/mol. The van der Waals surface area contributed by atoms with Crippen molar-refractivity contribution < 1.29 is 4.79 Å². The summed E-state index contributed by atoms with van der Waals surface area (Å²) in [5, 5.41) is 1.13. The summed E-state index contributed by atoms with van der Waals surface area (Å²) in [4.78, 5) is 17.4. The lowest BCUT2D eigenvalue weighted by atomic mass is 10.0. The molecule has 21 heavy (non-hydrogen) atoms. The van der Waals surface area contributed by atoms with Gasteiger partial charge in [-0.15, -0.1) is 0 Å². The Labute approximate surface area is 122 Å². The van der Waals surface area contributed by atoms with Crippen LogP contribution in [0.15, 0.2) is 54.7 Å². The van der Waals surface area contributed by atoms with Gasteiger partial charge in [0.25, 0.3) is 5.91 Å². The number of nitrogens with one attached hydrogen (secondary N) is 1. The van der Waals surface area contributed by atoms with Crippen molar-refractivity contribution in [2.75, 3.05) is 11.9 Å². The van der Waals surface area contributed by atoms with Gasteiger partial charge in [-0.3, -0.25) is 4.79 Å². The van der Waals surface area contributed by atoms with Crippen LogP contribution in [0.5, 0.6) is 0 Å². The Morgan fingerprint density at radius 3 is 2.71 bits per heavy atom. The van der Waals surface area contributed by atoms with Gasteiger partial charge in [0.2, 0.25) is 0 Å². The molecule has 2 heterocycles. The molecule has 0 aliphatic carbocycles. The molecule has 1 aromatic heterocycles. The van der Waals surface area contributed by atoms with Gasteiger partial charge in [-0.1, -0.05) is 36.4 Å². The topological polar surface area (TPSA) is 36.1 Å². The number of hydrogen-bond donors (Lipinski definition) is 1. The Balaban J connectivity index is 1.92. The van der Waals surface area contributed by atoms with Crippen LogP contribution < -0.4 is 4.90 Å². The van der Waals surface area contributed by atoms with E-state index in [1.54, 1.807) is 4.90 Å². The quantitative estimate of drug-likeness (QED) is 0.675. The number of aromatic nitrogens is 1. The summed E-state index contributed by atoms with van der Waals surface area (Å²) in [6.45, 7) is 0. The van der Waals surface area contributed by atoms with E-state index in [9.17, 15) is 4.79 Å². The van der Waals surface area contributed by atoms with E-state index in [1.807, 2.05) is 61.8 Å². The highest BCUT2D eigenvalue weighted by Gasteiger charge is 2.29. The zero-order chi connectivity index (χ0) is 14.4. The minimum Gasteiger partial charge on any atom is -0.361 e. The smallest absolute Gasteiger partial charge is 0.258 e. The average molecular weight is 274 g/mol. The lowest BCUT2D eigenvalue weighted by Gasteiger charge is -2.07. The number of benzene rings is 2. The van der Waals surface area contributed by atoms with Crippen molar-refractivity contribution in [3.8, 4) is 0 Å². The fourth-order valence-electron chi connectivity index (χ4n) is 2.91. The third kappa shape index (κ3) is 1.71. The molecule has 0 saturated carbocycles. The van der Waals surface area contributed by atoms with Crippen LogP contribution in [0, 0.1) is 0 Å². The van der Waals surface area contributed by atoms with Crippen molar-refractivity contribution in [3.05, 3.63) is 65.9 Å². The Morgan fingerprint density at radius 2 is 1.81 bits per heavy atom. The maximum Gasteiger partial charge on any atom is 0.258 e. The van der Waals surface area contributed by atoms with E-state index in [1.165, 1.54) is 0 Å². The van der Waals surface area contributed by atoms with E-state index in [0.29, 0.717) is 0 Å². The van der Waals surface area contributed by atoms with Crippen molar-refractivity contribution in [2.24, 2.45) is 0 Å². The van der Waals surface area contributed by atoms with Gasteiger partial charge in [0.1, 0.15) is 0 Å². The molecule has 1 amide bonds. The summed E-state index contributed by atoms with van der Waals surface area (Å²) in [5.41, 5.74) is 4.83. The number of likely N-dealkylation sites (N-methyl/N-ethyl adjacent to an activating group) is 1. The number of carbonyl (C=O) groups excluding carboxylic acids is 1. The lowest BCUT2D eigenvalue weighted by Crippen LogP contribution is -2.20. The van der Waals surface area contributed by atoms with Crippen LogP contribution in [0.25, 0.3) is 22.6 Å². The fourth-order valence-corrected chi connectivity index (χ4v) is 2.91. The molecule has 0 saturated heterocycles. The van der Waals surface area contributed by atoms with Crippen LogP contribution in [0.3, 0.4) is 0 Å². The second-order valence-electron chi connectivity index (χ2n) is 5.23. The third-order valence-electron chi connectivity index (χ3n) is 4.01. The minimum atomic E-state index is 0.0430. The second kappa shape index (κ2) is 4.35. The SMILES string of the molecule is CN1C(=O)/C(=C/c2c[nH]c3ccccc23)c2ccccc21. The van der Waals surface area contributed by atoms with Crippen molar-refractivity contribution in [3.63, 3.8) is 0 Å². The number of hydrogen-bond acceptors (Lipinski definition) is 1. The molecule has 1 aliphatic rings. The van der Waals surface area contributed by atoms with Crippen molar-refractivity contribution in [1.29, 1.82) is 0 Å². The molecule has 1 aliphatic heterocycles. The number of rotatable bonds is 1. The summed E-state index contributed by atoms with van der Waals surface area (Å²) in [6, 6.07) is 16.0. The molecule has 0 unspecified atom stereocenters. The van der Waals surface area contributed by atoms with Gasteiger partial charge in [0.05, 0.1) is 5.69 Å². The molecule has 102 valence electrons. The van der Waals surface area contributed by atoms with Crippen LogP contribution in [-0.2, 0) is 4.79 Å². The molecule has 0 bridgehead atoms. The van der Waals surface area contributed by atoms with Crippen molar-refractivity contribution >= 4 is 34.1 Å². The predicted molar refractivity (Wildman–Crippen MR) is 86.0 cm³/mol. The Kier molecular flexibility index (Phi) is 2.48. The zero-order valence-corrected chi connectivity index (χ0v) is 11.6. The van der Waals surface area contributed by atoms with E-state index in [0.717, 1.165) is 33.3 Å². The van der Waals surface area contributed by atoms with Gasteiger partial charge in [-0.2, -0.15) is 0 Å². The number of para-hydroxylation sites is 2. The number of anilines is 1. The Hall–Kier alpha value is -2.81. The van der Waals surface area contributed by atoms with Gasteiger partial charge in [-0.05, 0) is 18.2 Å². The first kappa shape index (κ1) is 12.0. The molecule has 3 heteroatoms. The van der Waals surface area contributed by atoms with Gasteiger partial charge in [-0.25, -0.2) is 0 Å². The van der Waals surface area contributed by atoms with Crippen molar-refractivity contribution in [1.82, 2.24) is 4.98 Å².